The number of halogens is 4. The summed E-state index contributed by atoms with van der Waals surface area (Å²) in [6, 6.07) is 7.34. The van der Waals surface area contributed by atoms with Gasteiger partial charge in [-0.05, 0) is 38.1 Å². The summed E-state index contributed by atoms with van der Waals surface area (Å²) in [6.45, 7) is 3.66. The van der Waals surface area contributed by atoms with Gasteiger partial charge in [-0.15, -0.1) is 0 Å². The highest BCUT2D eigenvalue weighted by Gasteiger charge is 2.34. The summed E-state index contributed by atoms with van der Waals surface area (Å²) in [5, 5.41) is 0.0437. The predicted octanol–water partition coefficient (Wildman–Crippen LogP) is 5.04. The Bertz CT molecular complexity index is 600. The van der Waals surface area contributed by atoms with E-state index in [-0.39, 0.29) is 10.8 Å². The second-order valence-corrected chi connectivity index (χ2v) is 4.79. The lowest BCUT2D eigenvalue weighted by molar-refractivity contribution is -0.137. The van der Waals surface area contributed by atoms with E-state index >= 15 is 0 Å². The number of alkyl halides is 3. The Balaban J connectivity index is 2.70. The van der Waals surface area contributed by atoms with Gasteiger partial charge in [0, 0.05) is 5.56 Å². The van der Waals surface area contributed by atoms with E-state index in [1.807, 2.05) is 19.9 Å². The smallest absolute Gasteiger partial charge is 0.235 e. The average Bonchev–Trinajstić information content (AvgIpc) is 2.25. The van der Waals surface area contributed by atoms with Crippen molar-refractivity contribution < 1.29 is 13.2 Å². The van der Waals surface area contributed by atoms with Crippen LogP contribution in [0.4, 0.5) is 13.2 Å². The van der Waals surface area contributed by atoms with Crippen molar-refractivity contribution in [3.8, 4) is 11.3 Å². The summed E-state index contributed by atoms with van der Waals surface area (Å²) in [5.74, 6) is 0. The highest BCUT2D eigenvalue weighted by molar-refractivity contribution is 6.29. The molecule has 0 atom stereocenters. The molecule has 1 heterocycles. The molecule has 2 rings (SSSR count). The fourth-order valence-electron chi connectivity index (χ4n) is 2.00. The van der Waals surface area contributed by atoms with Gasteiger partial charge in [-0.2, -0.15) is 13.2 Å². The molecule has 0 aliphatic heterocycles. The highest BCUT2D eigenvalue weighted by atomic mass is 35.5. The van der Waals surface area contributed by atoms with Gasteiger partial charge in [0.15, 0.2) is 0 Å². The van der Waals surface area contributed by atoms with E-state index < -0.39 is 11.7 Å². The Morgan fingerprint density at radius 2 is 1.58 bits per heavy atom. The molecule has 0 unspecified atom stereocenters. The van der Waals surface area contributed by atoms with Crippen molar-refractivity contribution in [1.82, 2.24) is 4.98 Å². The predicted molar refractivity (Wildman–Crippen MR) is 69.2 cm³/mol. The van der Waals surface area contributed by atoms with Crippen LogP contribution in [0, 0.1) is 13.8 Å². The first-order valence-electron chi connectivity index (χ1n) is 5.60. The lowest BCUT2D eigenvalue weighted by atomic mass is 10.0. The van der Waals surface area contributed by atoms with E-state index in [0.717, 1.165) is 23.3 Å². The van der Waals surface area contributed by atoms with E-state index in [1.54, 1.807) is 12.1 Å². The van der Waals surface area contributed by atoms with E-state index in [2.05, 4.69) is 4.98 Å². The Labute approximate surface area is 114 Å². The monoisotopic (exact) mass is 285 g/mol. The molecule has 0 aliphatic rings. The molecular formula is C14H11ClF3N. The van der Waals surface area contributed by atoms with Crippen LogP contribution in [0.3, 0.4) is 0 Å². The van der Waals surface area contributed by atoms with Crippen molar-refractivity contribution in [3.63, 3.8) is 0 Å². The number of hydrogen-bond donors (Lipinski definition) is 0. The fraction of sp³-hybridized carbons (Fsp3) is 0.214. The molecule has 0 aliphatic carbocycles. The first-order valence-corrected chi connectivity index (χ1v) is 5.97. The zero-order chi connectivity index (χ0) is 14.2. The van der Waals surface area contributed by atoms with Gasteiger partial charge in [-0.1, -0.05) is 28.8 Å². The molecule has 1 aromatic heterocycles. The van der Waals surface area contributed by atoms with Gasteiger partial charge in [0.1, 0.15) is 5.15 Å². The molecule has 0 radical (unpaired) electrons. The van der Waals surface area contributed by atoms with Gasteiger partial charge < -0.3 is 0 Å². The summed E-state index contributed by atoms with van der Waals surface area (Å²) in [5.41, 5.74) is 1.27. The van der Waals surface area contributed by atoms with Crippen molar-refractivity contribution in [1.29, 1.82) is 0 Å². The third-order valence-electron chi connectivity index (χ3n) is 2.66. The van der Waals surface area contributed by atoms with Crippen LogP contribution in [0.15, 0.2) is 30.3 Å². The molecule has 0 bridgehead atoms. The maximum absolute atomic E-state index is 13.0. The zero-order valence-corrected chi connectivity index (χ0v) is 11.1. The molecule has 2 aromatic rings. The number of aryl methyl sites for hydroxylation is 2. The normalized spacial score (nSPS) is 11.7. The molecule has 0 spiro atoms. The van der Waals surface area contributed by atoms with Gasteiger partial charge in [0.2, 0.25) is 0 Å². The number of nitrogens with zero attached hydrogens (tertiary/aromatic N) is 1. The third-order valence-corrected chi connectivity index (χ3v) is 2.87. The van der Waals surface area contributed by atoms with Crippen LogP contribution in [0.25, 0.3) is 11.3 Å². The molecule has 100 valence electrons. The first kappa shape index (κ1) is 13.9. The van der Waals surface area contributed by atoms with Crippen molar-refractivity contribution in [2.45, 2.75) is 20.0 Å². The van der Waals surface area contributed by atoms with E-state index in [9.17, 15) is 13.2 Å². The summed E-state index contributed by atoms with van der Waals surface area (Å²) in [4.78, 5) is 3.84. The molecule has 19 heavy (non-hydrogen) atoms. The molecule has 0 fully saturated rings. The molecule has 0 N–H and O–H groups in total. The van der Waals surface area contributed by atoms with Crippen molar-refractivity contribution in [2.75, 3.05) is 0 Å². The lowest BCUT2D eigenvalue weighted by Crippen LogP contribution is -2.08. The fourth-order valence-corrected chi connectivity index (χ4v) is 2.14. The van der Waals surface area contributed by atoms with Gasteiger partial charge in [-0.25, -0.2) is 4.98 Å². The van der Waals surface area contributed by atoms with E-state index in [0.29, 0.717) is 5.56 Å². The van der Waals surface area contributed by atoms with Crippen molar-refractivity contribution in [3.05, 3.63) is 52.2 Å². The summed E-state index contributed by atoms with van der Waals surface area (Å²) >= 11 is 5.72. The van der Waals surface area contributed by atoms with Gasteiger partial charge in [-0.3, -0.25) is 0 Å². The minimum absolute atomic E-state index is 0.0437. The zero-order valence-electron chi connectivity index (χ0n) is 10.3. The Morgan fingerprint density at radius 3 is 2.11 bits per heavy atom. The van der Waals surface area contributed by atoms with Crippen LogP contribution in [0.5, 0.6) is 0 Å². The molecule has 0 saturated carbocycles. The largest absolute Gasteiger partial charge is 0.418 e. The number of rotatable bonds is 1. The molecule has 5 heteroatoms. The summed E-state index contributed by atoms with van der Waals surface area (Å²) < 4.78 is 39.0. The average molecular weight is 286 g/mol. The maximum Gasteiger partial charge on any atom is 0.418 e. The molecule has 1 aromatic carbocycles. The molecular weight excluding hydrogens is 275 g/mol. The molecule has 0 amide bonds. The SMILES string of the molecule is Cc1cc(C)cc(-c2nc(Cl)ccc2C(F)(F)F)c1. The second-order valence-electron chi connectivity index (χ2n) is 4.40. The second kappa shape index (κ2) is 4.85. The van der Waals surface area contributed by atoms with Gasteiger partial charge in [0.25, 0.3) is 0 Å². The first-order chi connectivity index (χ1) is 8.77. The minimum atomic E-state index is -4.45. The molecule has 0 saturated heterocycles. The van der Waals surface area contributed by atoms with E-state index in [4.69, 9.17) is 11.6 Å². The van der Waals surface area contributed by atoms with Crippen LogP contribution in [-0.4, -0.2) is 4.98 Å². The van der Waals surface area contributed by atoms with Crippen LogP contribution < -0.4 is 0 Å². The maximum atomic E-state index is 13.0. The van der Waals surface area contributed by atoms with Crippen LogP contribution in [-0.2, 0) is 6.18 Å². The Hall–Kier alpha value is -1.55. The van der Waals surface area contributed by atoms with Gasteiger partial charge >= 0.3 is 6.18 Å². The topological polar surface area (TPSA) is 12.9 Å². The standard InChI is InChI=1S/C14H11ClF3N/c1-8-5-9(2)7-10(6-8)13-11(14(16,17)18)3-4-12(15)19-13/h3-7H,1-2H3. The van der Waals surface area contributed by atoms with Crippen LogP contribution in [0.1, 0.15) is 16.7 Å². The highest BCUT2D eigenvalue weighted by Crippen LogP contribution is 2.37. The summed E-state index contributed by atoms with van der Waals surface area (Å²) in [7, 11) is 0. The summed E-state index contributed by atoms with van der Waals surface area (Å²) in [6.07, 6.45) is -4.45. The molecule has 1 nitrogen and oxygen atoms in total. The van der Waals surface area contributed by atoms with Crippen LogP contribution >= 0.6 is 11.6 Å². The van der Waals surface area contributed by atoms with Crippen LogP contribution in [0.2, 0.25) is 5.15 Å². The number of benzene rings is 1. The van der Waals surface area contributed by atoms with Crippen molar-refractivity contribution in [2.24, 2.45) is 0 Å². The minimum Gasteiger partial charge on any atom is -0.235 e. The van der Waals surface area contributed by atoms with Gasteiger partial charge in [0.05, 0.1) is 11.3 Å². The van der Waals surface area contributed by atoms with Crippen molar-refractivity contribution >= 4 is 11.6 Å². The quantitative estimate of drug-likeness (QED) is 0.669. The Kier molecular flexibility index (Phi) is 3.54. The Morgan fingerprint density at radius 1 is 1.00 bits per heavy atom. The number of pyridine rings is 1. The number of aromatic nitrogens is 1. The van der Waals surface area contributed by atoms with E-state index in [1.165, 1.54) is 0 Å². The third kappa shape index (κ3) is 3.07. The lowest BCUT2D eigenvalue weighted by Gasteiger charge is -2.13. The number of hydrogen-bond acceptors (Lipinski definition) is 1.